The van der Waals surface area contributed by atoms with Gasteiger partial charge in [0.2, 0.25) is 11.8 Å². The molecule has 6 heteroatoms. The number of carbonyl (C=O) groups is 2. The van der Waals surface area contributed by atoms with Gasteiger partial charge < -0.3 is 15.7 Å². The molecular formula is C16H27N3O3. The van der Waals surface area contributed by atoms with Crippen LogP contribution in [-0.2, 0) is 9.59 Å². The van der Waals surface area contributed by atoms with Gasteiger partial charge in [0.1, 0.15) is 17.2 Å². The van der Waals surface area contributed by atoms with Crippen LogP contribution in [0.1, 0.15) is 33.6 Å². The van der Waals surface area contributed by atoms with E-state index in [1.165, 1.54) is 17.9 Å². The van der Waals surface area contributed by atoms with Gasteiger partial charge in [0.15, 0.2) is 0 Å². The van der Waals surface area contributed by atoms with Crippen molar-refractivity contribution in [2.24, 2.45) is 11.7 Å². The molecule has 2 aliphatic rings. The summed E-state index contributed by atoms with van der Waals surface area (Å²) in [6.07, 6.45) is 3.05. The van der Waals surface area contributed by atoms with E-state index in [-0.39, 0.29) is 5.91 Å². The molecule has 0 aromatic carbocycles. The Morgan fingerprint density at radius 1 is 1.59 bits per heavy atom. The highest BCUT2D eigenvalue weighted by atomic mass is 16.3. The lowest BCUT2D eigenvalue weighted by molar-refractivity contribution is -0.176. The van der Waals surface area contributed by atoms with Crippen LogP contribution in [0.15, 0.2) is 12.7 Å². The van der Waals surface area contributed by atoms with Gasteiger partial charge in [-0.25, -0.2) is 0 Å². The minimum atomic E-state index is -1.52. The summed E-state index contributed by atoms with van der Waals surface area (Å²) in [5.41, 5.74) is 3.39. The van der Waals surface area contributed by atoms with E-state index >= 15 is 0 Å². The minimum Gasteiger partial charge on any atom is -0.383 e. The van der Waals surface area contributed by atoms with E-state index in [0.29, 0.717) is 12.5 Å². The Bertz CT molecular complexity index is 489. The van der Waals surface area contributed by atoms with Crippen LogP contribution in [-0.4, -0.2) is 63.5 Å². The second-order valence-electron chi connectivity index (χ2n) is 7.14. The Morgan fingerprint density at radius 3 is 2.68 bits per heavy atom. The molecule has 2 fully saturated rings. The van der Waals surface area contributed by atoms with Crippen molar-refractivity contribution >= 4 is 11.8 Å². The number of hydrogen-bond donors (Lipinski definition) is 2. The van der Waals surface area contributed by atoms with Crippen molar-refractivity contribution in [3.8, 4) is 0 Å². The van der Waals surface area contributed by atoms with Gasteiger partial charge in [-0.3, -0.25) is 14.5 Å². The minimum absolute atomic E-state index is 0.100. The lowest BCUT2D eigenvalue weighted by atomic mass is 9.80. The van der Waals surface area contributed by atoms with Gasteiger partial charge in [-0.15, -0.1) is 6.58 Å². The highest BCUT2D eigenvalue weighted by Crippen LogP contribution is 2.41. The maximum absolute atomic E-state index is 12.8. The first-order chi connectivity index (χ1) is 10.2. The number of β-lactam (4-membered cyclic amide) rings is 1. The predicted molar refractivity (Wildman–Crippen MR) is 83.9 cm³/mol. The third kappa shape index (κ3) is 2.54. The van der Waals surface area contributed by atoms with Crippen LogP contribution in [0.25, 0.3) is 0 Å². The molecule has 0 bridgehead atoms. The molecule has 6 nitrogen and oxygen atoms in total. The highest BCUT2D eigenvalue weighted by Gasteiger charge is 2.61. The third-order valence-corrected chi connectivity index (χ3v) is 4.85. The van der Waals surface area contributed by atoms with Gasteiger partial charge >= 0.3 is 0 Å². The van der Waals surface area contributed by atoms with Gasteiger partial charge in [-0.05, 0) is 32.2 Å². The van der Waals surface area contributed by atoms with Gasteiger partial charge in [-0.1, -0.05) is 19.9 Å². The monoisotopic (exact) mass is 309 g/mol. The summed E-state index contributed by atoms with van der Waals surface area (Å²) >= 11 is 0. The summed E-state index contributed by atoms with van der Waals surface area (Å²) < 4.78 is 0. The molecule has 2 saturated heterocycles. The number of nitrogens with two attached hydrogens (primary N) is 1. The molecule has 3 atom stereocenters. The van der Waals surface area contributed by atoms with E-state index in [2.05, 4.69) is 25.3 Å². The molecule has 1 spiro atoms. The lowest BCUT2D eigenvalue weighted by Gasteiger charge is -2.55. The van der Waals surface area contributed by atoms with Crippen LogP contribution < -0.4 is 5.73 Å². The van der Waals surface area contributed by atoms with E-state index < -0.39 is 23.1 Å². The predicted octanol–water partition coefficient (Wildman–Crippen LogP) is 0.110. The van der Waals surface area contributed by atoms with Gasteiger partial charge in [0.05, 0.1) is 0 Å². The summed E-state index contributed by atoms with van der Waals surface area (Å²) in [5, 5.41) is 10.3. The summed E-state index contributed by atoms with van der Waals surface area (Å²) in [7, 11) is 0. The molecular weight excluding hydrogens is 282 g/mol. The van der Waals surface area contributed by atoms with Crippen molar-refractivity contribution in [1.82, 2.24) is 9.80 Å². The van der Waals surface area contributed by atoms with Crippen molar-refractivity contribution in [3.63, 3.8) is 0 Å². The first-order valence-corrected chi connectivity index (χ1v) is 7.87. The topological polar surface area (TPSA) is 86.9 Å². The van der Waals surface area contributed by atoms with E-state index in [1.54, 1.807) is 0 Å². The molecule has 22 heavy (non-hydrogen) atoms. The lowest BCUT2D eigenvalue weighted by Crippen LogP contribution is -2.77. The Balaban J connectivity index is 2.20. The molecule has 2 heterocycles. The number of aliphatic hydroxyl groups is 1. The van der Waals surface area contributed by atoms with Crippen LogP contribution in [0.5, 0.6) is 0 Å². The van der Waals surface area contributed by atoms with Gasteiger partial charge in [-0.2, -0.15) is 0 Å². The van der Waals surface area contributed by atoms with Crippen molar-refractivity contribution in [2.75, 3.05) is 19.6 Å². The maximum atomic E-state index is 12.8. The number of primary amides is 1. The maximum Gasteiger partial charge on any atom is 0.245 e. The number of amides is 2. The average molecular weight is 309 g/mol. The molecule has 2 rings (SSSR count). The smallest absolute Gasteiger partial charge is 0.245 e. The molecule has 0 radical (unpaired) electrons. The number of hydrogen-bond acceptors (Lipinski definition) is 4. The molecule has 3 N–H and O–H groups in total. The van der Waals surface area contributed by atoms with Gasteiger partial charge in [0, 0.05) is 13.1 Å². The Kier molecular flexibility index (Phi) is 4.37. The second kappa shape index (κ2) is 5.66. The highest BCUT2D eigenvalue weighted by molar-refractivity contribution is 5.97. The summed E-state index contributed by atoms with van der Waals surface area (Å²) in [6.45, 7) is 11.4. The van der Waals surface area contributed by atoms with E-state index in [1.807, 2.05) is 0 Å². The Hall–Kier alpha value is -1.40. The molecule has 0 aromatic rings. The average Bonchev–Trinajstić information content (AvgIpc) is 2.82. The first kappa shape index (κ1) is 17.0. The molecule has 1 unspecified atom stereocenters. The Morgan fingerprint density at radius 2 is 2.23 bits per heavy atom. The Labute approximate surface area is 131 Å². The summed E-state index contributed by atoms with van der Waals surface area (Å²) in [4.78, 5) is 28.2. The van der Waals surface area contributed by atoms with Crippen LogP contribution >= 0.6 is 0 Å². The van der Waals surface area contributed by atoms with Gasteiger partial charge in [0.25, 0.3) is 0 Å². The standard InChI is InChI=1S/C16H27N3O3/c1-5-15(4,22)12(13(17)20)19-10-16(14(19)21)7-6-8-18(16)9-11(2)3/h5,11-12,22H,1,6-10H2,2-4H3,(H2,17,20)/t12-,15?,16-/m1/s1. The number of rotatable bonds is 6. The zero-order valence-electron chi connectivity index (χ0n) is 13.7. The normalized spacial score (nSPS) is 29.5. The van der Waals surface area contributed by atoms with Crippen molar-refractivity contribution < 1.29 is 14.7 Å². The van der Waals surface area contributed by atoms with Crippen molar-refractivity contribution in [3.05, 3.63) is 12.7 Å². The fourth-order valence-corrected chi connectivity index (χ4v) is 3.74. The fourth-order valence-electron chi connectivity index (χ4n) is 3.74. The molecule has 0 saturated carbocycles. The fraction of sp³-hybridized carbons (Fsp3) is 0.750. The zero-order chi connectivity index (χ0) is 16.7. The summed E-state index contributed by atoms with van der Waals surface area (Å²) in [5.74, 6) is -0.335. The number of nitrogens with zero attached hydrogens (tertiary/aromatic N) is 2. The molecule has 0 aromatic heterocycles. The van der Waals surface area contributed by atoms with Crippen LogP contribution in [0, 0.1) is 5.92 Å². The van der Waals surface area contributed by atoms with Crippen molar-refractivity contribution in [1.29, 1.82) is 0 Å². The SMILES string of the molecule is C=CC(C)(O)[C@@H](C(N)=O)N1C[C@]2(CCCN2CC(C)C)C1=O. The number of likely N-dealkylation sites (tertiary alicyclic amines) is 2. The van der Waals surface area contributed by atoms with Crippen LogP contribution in [0.2, 0.25) is 0 Å². The third-order valence-electron chi connectivity index (χ3n) is 4.85. The van der Waals surface area contributed by atoms with E-state index in [0.717, 1.165) is 25.9 Å². The molecule has 2 aliphatic heterocycles. The molecule has 2 amide bonds. The van der Waals surface area contributed by atoms with E-state index in [9.17, 15) is 14.7 Å². The summed E-state index contributed by atoms with van der Waals surface area (Å²) in [6, 6.07) is -1.07. The van der Waals surface area contributed by atoms with Crippen LogP contribution in [0.4, 0.5) is 0 Å². The van der Waals surface area contributed by atoms with Crippen molar-refractivity contribution in [2.45, 2.75) is 50.8 Å². The van der Waals surface area contributed by atoms with E-state index in [4.69, 9.17) is 5.73 Å². The first-order valence-electron chi connectivity index (χ1n) is 7.87. The second-order valence-corrected chi connectivity index (χ2v) is 7.14. The largest absolute Gasteiger partial charge is 0.383 e. The molecule has 0 aliphatic carbocycles. The quantitative estimate of drug-likeness (QED) is 0.538. The van der Waals surface area contributed by atoms with Crippen LogP contribution in [0.3, 0.4) is 0 Å². The zero-order valence-corrected chi connectivity index (χ0v) is 13.7. The number of carbonyl (C=O) groups excluding carboxylic acids is 2. The molecule has 124 valence electrons.